The number of amides is 1. The van der Waals surface area contributed by atoms with Crippen LogP contribution in [0.4, 0.5) is 19.0 Å². The number of aryl methyl sites for hydroxylation is 1. The van der Waals surface area contributed by atoms with Crippen molar-refractivity contribution in [1.29, 1.82) is 0 Å². The lowest BCUT2D eigenvalue weighted by atomic mass is 9.91. The molecule has 4 rings (SSSR count). The zero-order valence-electron chi connectivity index (χ0n) is 18.9. The van der Waals surface area contributed by atoms with Crippen molar-refractivity contribution in [3.05, 3.63) is 65.7 Å². The molecule has 0 aliphatic carbocycles. The lowest BCUT2D eigenvalue weighted by Gasteiger charge is -2.38. The number of carbonyl (C=O) groups excluding carboxylic acids is 1. The molecule has 2 atom stereocenters. The highest BCUT2D eigenvalue weighted by Crippen LogP contribution is 2.30. The SMILES string of the molecule is Cc1ccc(-c2cccnn2)c(C(=O)N2CC[C@H](C)CC2CNc2ccc(C(F)(F)F)cn2)n1. The molecule has 1 amide bonds. The minimum atomic E-state index is -4.44. The number of alkyl halides is 3. The Hall–Kier alpha value is -3.56. The smallest absolute Gasteiger partial charge is 0.368 e. The molecule has 4 heterocycles. The molecule has 0 radical (unpaired) electrons. The Bertz CT molecular complexity index is 1140. The van der Waals surface area contributed by atoms with Gasteiger partial charge in [0.2, 0.25) is 0 Å². The molecule has 1 fully saturated rings. The van der Waals surface area contributed by atoms with Crippen molar-refractivity contribution in [3.8, 4) is 11.3 Å². The molecule has 0 spiro atoms. The van der Waals surface area contributed by atoms with Gasteiger partial charge >= 0.3 is 6.18 Å². The van der Waals surface area contributed by atoms with Gasteiger partial charge in [-0.05, 0) is 62.1 Å². The van der Waals surface area contributed by atoms with Crippen LogP contribution >= 0.6 is 0 Å². The topological polar surface area (TPSA) is 83.9 Å². The number of piperidine rings is 1. The van der Waals surface area contributed by atoms with Gasteiger partial charge in [0.15, 0.2) is 0 Å². The molecular formula is C24H25F3N6O. The van der Waals surface area contributed by atoms with Crippen molar-refractivity contribution < 1.29 is 18.0 Å². The van der Waals surface area contributed by atoms with E-state index in [0.29, 0.717) is 47.5 Å². The fraction of sp³-hybridized carbons (Fsp3) is 0.375. The van der Waals surface area contributed by atoms with Gasteiger partial charge in [0.05, 0.1) is 11.3 Å². The lowest BCUT2D eigenvalue weighted by molar-refractivity contribution is -0.137. The molecule has 1 N–H and O–H groups in total. The van der Waals surface area contributed by atoms with E-state index in [2.05, 4.69) is 32.4 Å². The van der Waals surface area contributed by atoms with Gasteiger partial charge in [-0.1, -0.05) is 6.92 Å². The summed E-state index contributed by atoms with van der Waals surface area (Å²) >= 11 is 0. The van der Waals surface area contributed by atoms with E-state index in [4.69, 9.17) is 0 Å². The third-order valence-corrected chi connectivity index (χ3v) is 5.93. The average molecular weight is 470 g/mol. The number of hydrogen-bond acceptors (Lipinski definition) is 6. The van der Waals surface area contributed by atoms with E-state index in [1.165, 1.54) is 6.07 Å². The number of likely N-dealkylation sites (tertiary alicyclic amines) is 1. The van der Waals surface area contributed by atoms with Crippen LogP contribution in [-0.4, -0.2) is 50.1 Å². The number of aromatic nitrogens is 4. The number of anilines is 1. The fourth-order valence-electron chi connectivity index (χ4n) is 4.11. The standard InChI is InChI=1S/C24H25F3N6O/c1-15-9-11-33(18(12-15)14-29-21-8-6-17(13-28-21)24(25,26)27)23(34)22-19(7-5-16(2)31-22)20-4-3-10-30-32-20/h3-8,10,13,15,18H,9,11-12,14H2,1-2H3,(H,28,29)/t15-,18?/m0/s1. The zero-order valence-corrected chi connectivity index (χ0v) is 18.9. The molecule has 1 unspecified atom stereocenters. The van der Waals surface area contributed by atoms with E-state index in [0.717, 1.165) is 25.1 Å². The molecule has 178 valence electrons. The number of halogens is 3. The number of hydrogen-bond donors (Lipinski definition) is 1. The molecule has 7 nitrogen and oxygen atoms in total. The minimum absolute atomic E-state index is 0.169. The Balaban J connectivity index is 1.56. The maximum absolute atomic E-state index is 13.7. The summed E-state index contributed by atoms with van der Waals surface area (Å²) in [6.07, 6.45) is -0.456. The van der Waals surface area contributed by atoms with Gasteiger partial charge in [-0.3, -0.25) is 4.79 Å². The maximum Gasteiger partial charge on any atom is 0.417 e. The molecule has 10 heteroatoms. The fourth-order valence-corrected chi connectivity index (χ4v) is 4.11. The molecule has 3 aromatic heterocycles. The van der Waals surface area contributed by atoms with Gasteiger partial charge in [0.1, 0.15) is 11.5 Å². The maximum atomic E-state index is 13.7. The second kappa shape index (κ2) is 9.74. The van der Waals surface area contributed by atoms with Crippen molar-refractivity contribution in [2.45, 2.75) is 38.9 Å². The monoisotopic (exact) mass is 470 g/mol. The average Bonchev–Trinajstić information content (AvgIpc) is 2.82. The Morgan fingerprint density at radius 1 is 1.21 bits per heavy atom. The Morgan fingerprint density at radius 3 is 2.71 bits per heavy atom. The van der Waals surface area contributed by atoms with Crippen LogP contribution in [0.1, 0.15) is 41.5 Å². The van der Waals surface area contributed by atoms with E-state index in [-0.39, 0.29) is 11.9 Å². The molecule has 1 aliphatic heterocycles. The van der Waals surface area contributed by atoms with Crippen molar-refractivity contribution in [2.24, 2.45) is 5.92 Å². The van der Waals surface area contributed by atoms with Crippen LogP contribution in [-0.2, 0) is 6.18 Å². The highest BCUT2D eigenvalue weighted by Gasteiger charge is 2.33. The van der Waals surface area contributed by atoms with Crippen LogP contribution in [0.3, 0.4) is 0 Å². The Kier molecular flexibility index (Phi) is 6.76. The van der Waals surface area contributed by atoms with E-state index in [1.54, 1.807) is 23.2 Å². The van der Waals surface area contributed by atoms with Gasteiger partial charge < -0.3 is 10.2 Å². The highest BCUT2D eigenvalue weighted by atomic mass is 19.4. The molecule has 1 aliphatic rings. The van der Waals surface area contributed by atoms with E-state index in [1.807, 2.05) is 19.1 Å². The van der Waals surface area contributed by atoms with E-state index in [9.17, 15) is 18.0 Å². The normalized spacial score (nSPS) is 18.6. The molecule has 3 aromatic rings. The quantitative estimate of drug-likeness (QED) is 0.586. The van der Waals surface area contributed by atoms with Gasteiger partial charge in [0.25, 0.3) is 5.91 Å². The first-order valence-electron chi connectivity index (χ1n) is 11.1. The summed E-state index contributed by atoms with van der Waals surface area (Å²) < 4.78 is 38.4. The van der Waals surface area contributed by atoms with Crippen molar-refractivity contribution in [3.63, 3.8) is 0 Å². The third-order valence-electron chi connectivity index (χ3n) is 5.93. The van der Waals surface area contributed by atoms with Gasteiger partial charge in [-0.25, -0.2) is 9.97 Å². The first-order chi connectivity index (χ1) is 16.2. The summed E-state index contributed by atoms with van der Waals surface area (Å²) in [5, 5.41) is 11.1. The lowest BCUT2D eigenvalue weighted by Crippen LogP contribution is -2.49. The van der Waals surface area contributed by atoms with Crippen LogP contribution in [0.2, 0.25) is 0 Å². The van der Waals surface area contributed by atoms with Crippen LogP contribution < -0.4 is 5.32 Å². The molecular weight excluding hydrogens is 445 g/mol. The second-order valence-electron chi connectivity index (χ2n) is 8.55. The highest BCUT2D eigenvalue weighted by molar-refractivity contribution is 5.98. The molecule has 0 aromatic carbocycles. The summed E-state index contributed by atoms with van der Waals surface area (Å²) in [5.41, 5.74) is 1.40. The van der Waals surface area contributed by atoms with Gasteiger partial charge in [0, 0.05) is 42.8 Å². The molecule has 0 saturated carbocycles. The molecule has 34 heavy (non-hydrogen) atoms. The first kappa shape index (κ1) is 23.6. The van der Waals surface area contributed by atoms with Crippen LogP contribution in [0, 0.1) is 12.8 Å². The van der Waals surface area contributed by atoms with Crippen LogP contribution in [0.15, 0.2) is 48.8 Å². The number of nitrogens with one attached hydrogen (secondary N) is 1. The summed E-state index contributed by atoms with van der Waals surface area (Å²) in [6.45, 7) is 4.87. The zero-order chi connectivity index (χ0) is 24.3. The van der Waals surface area contributed by atoms with Crippen LogP contribution in [0.5, 0.6) is 0 Å². The molecule has 0 bridgehead atoms. The van der Waals surface area contributed by atoms with Gasteiger partial charge in [-0.2, -0.15) is 23.4 Å². The van der Waals surface area contributed by atoms with Crippen molar-refractivity contribution in [1.82, 2.24) is 25.1 Å². The van der Waals surface area contributed by atoms with Crippen molar-refractivity contribution >= 4 is 11.7 Å². The predicted octanol–water partition coefficient (Wildman–Crippen LogP) is 4.61. The van der Waals surface area contributed by atoms with Crippen LogP contribution in [0.25, 0.3) is 11.3 Å². The summed E-state index contributed by atoms with van der Waals surface area (Å²) in [6, 6.07) is 9.31. The van der Waals surface area contributed by atoms with Crippen molar-refractivity contribution in [2.75, 3.05) is 18.4 Å². The number of carbonyl (C=O) groups is 1. The Labute approximate surface area is 195 Å². The van der Waals surface area contributed by atoms with E-state index >= 15 is 0 Å². The number of rotatable bonds is 5. The largest absolute Gasteiger partial charge is 0.417 e. The summed E-state index contributed by atoms with van der Waals surface area (Å²) in [4.78, 5) is 23.9. The van der Waals surface area contributed by atoms with E-state index < -0.39 is 11.7 Å². The summed E-state index contributed by atoms with van der Waals surface area (Å²) in [7, 11) is 0. The van der Waals surface area contributed by atoms with Gasteiger partial charge in [-0.15, -0.1) is 0 Å². The Morgan fingerprint density at radius 2 is 2.03 bits per heavy atom. The minimum Gasteiger partial charge on any atom is -0.368 e. The second-order valence-corrected chi connectivity index (χ2v) is 8.55. The first-order valence-corrected chi connectivity index (χ1v) is 11.1. The molecule has 1 saturated heterocycles. The third kappa shape index (κ3) is 5.32. The summed E-state index contributed by atoms with van der Waals surface area (Å²) in [5.74, 6) is 0.525. The predicted molar refractivity (Wildman–Crippen MR) is 121 cm³/mol. The number of pyridine rings is 2. The number of nitrogens with zero attached hydrogens (tertiary/aromatic N) is 5.